The lowest BCUT2D eigenvalue weighted by atomic mass is 10.1. The average Bonchev–Trinajstić information content (AvgIpc) is 2.84. The molecule has 5 heteroatoms. The van der Waals surface area contributed by atoms with E-state index in [-0.39, 0.29) is 0 Å². The molecule has 0 amide bonds. The second-order valence-corrected chi connectivity index (χ2v) is 7.34. The standard InChI is InChI=1S/C13H19N3S2/c1-9-8-16-12(10(2)15-13(16)18-9)7-14-11-3-5-17-6-4-11/h8,11,14H,3-7H2,1-2H3. The molecule has 0 aliphatic carbocycles. The summed E-state index contributed by atoms with van der Waals surface area (Å²) in [5.41, 5.74) is 2.49. The summed E-state index contributed by atoms with van der Waals surface area (Å²) in [6, 6.07) is 0.691. The molecular formula is C13H19N3S2. The predicted octanol–water partition coefficient (Wildman–Crippen LogP) is 3.00. The van der Waals surface area contributed by atoms with Gasteiger partial charge in [-0.05, 0) is 38.2 Å². The summed E-state index contributed by atoms with van der Waals surface area (Å²) in [7, 11) is 0. The number of imidazole rings is 1. The summed E-state index contributed by atoms with van der Waals surface area (Å²) < 4.78 is 2.25. The fraction of sp³-hybridized carbons (Fsp3) is 0.615. The van der Waals surface area contributed by atoms with Crippen LogP contribution in [0.1, 0.15) is 29.1 Å². The molecule has 0 saturated carbocycles. The first-order chi connectivity index (χ1) is 8.74. The van der Waals surface area contributed by atoms with Gasteiger partial charge in [-0.15, -0.1) is 11.3 Å². The van der Waals surface area contributed by atoms with Crippen LogP contribution in [0, 0.1) is 13.8 Å². The van der Waals surface area contributed by atoms with Gasteiger partial charge in [-0.25, -0.2) is 4.98 Å². The number of aromatic nitrogens is 2. The van der Waals surface area contributed by atoms with Crippen LogP contribution in [0.4, 0.5) is 0 Å². The van der Waals surface area contributed by atoms with E-state index in [9.17, 15) is 0 Å². The topological polar surface area (TPSA) is 29.3 Å². The van der Waals surface area contributed by atoms with Crippen LogP contribution in [-0.2, 0) is 6.54 Å². The van der Waals surface area contributed by atoms with Crippen molar-refractivity contribution < 1.29 is 0 Å². The molecule has 0 spiro atoms. The largest absolute Gasteiger partial charge is 0.308 e. The number of aryl methyl sites for hydroxylation is 2. The molecule has 1 N–H and O–H groups in total. The van der Waals surface area contributed by atoms with Gasteiger partial charge >= 0.3 is 0 Å². The van der Waals surface area contributed by atoms with E-state index in [4.69, 9.17) is 0 Å². The Morgan fingerprint density at radius 1 is 1.39 bits per heavy atom. The number of thiazole rings is 1. The third-order valence-electron chi connectivity index (χ3n) is 3.52. The van der Waals surface area contributed by atoms with Gasteiger partial charge in [0.2, 0.25) is 0 Å². The number of fused-ring (bicyclic) bond motifs is 1. The van der Waals surface area contributed by atoms with Crippen molar-refractivity contribution in [1.82, 2.24) is 14.7 Å². The van der Waals surface area contributed by atoms with Crippen LogP contribution in [0.2, 0.25) is 0 Å². The minimum Gasteiger partial charge on any atom is -0.308 e. The molecule has 1 saturated heterocycles. The van der Waals surface area contributed by atoms with E-state index in [1.807, 2.05) is 0 Å². The summed E-state index contributed by atoms with van der Waals surface area (Å²) in [6.45, 7) is 5.20. The van der Waals surface area contributed by atoms with Gasteiger partial charge in [0.05, 0.1) is 11.4 Å². The third kappa shape index (κ3) is 2.44. The van der Waals surface area contributed by atoms with Gasteiger partial charge < -0.3 is 5.32 Å². The molecule has 3 rings (SSSR count). The summed E-state index contributed by atoms with van der Waals surface area (Å²) >= 11 is 3.84. The highest BCUT2D eigenvalue weighted by Gasteiger charge is 2.15. The van der Waals surface area contributed by atoms with E-state index in [0.717, 1.165) is 11.5 Å². The number of hydrogen-bond donors (Lipinski definition) is 1. The predicted molar refractivity (Wildman–Crippen MR) is 79.7 cm³/mol. The molecule has 0 aromatic carbocycles. The number of hydrogen-bond acceptors (Lipinski definition) is 4. The van der Waals surface area contributed by atoms with E-state index < -0.39 is 0 Å². The van der Waals surface area contributed by atoms with Crippen LogP contribution in [0.25, 0.3) is 4.96 Å². The highest BCUT2D eigenvalue weighted by atomic mass is 32.2. The molecule has 0 radical (unpaired) electrons. The zero-order chi connectivity index (χ0) is 12.5. The molecule has 0 atom stereocenters. The monoisotopic (exact) mass is 281 g/mol. The van der Waals surface area contributed by atoms with Crippen LogP contribution in [0.15, 0.2) is 6.20 Å². The molecule has 1 fully saturated rings. The lowest BCUT2D eigenvalue weighted by molar-refractivity contribution is 0.477. The molecule has 2 aromatic heterocycles. The number of thioether (sulfide) groups is 1. The second kappa shape index (κ2) is 5.23. The first kappa shape index (κ1) is 12.5. The molecule has 1 aliphatic heterocycles. The van der Waals surface area contributed by atoms with Gasteiger partial charge in [-0.1, -0.05) is 0 Å². The molecule has 18 heavy (non-hydrogen) atoms. The van der Waals surface area contributed by atoms with Crippen LogP contribution in [0.5, 0.6) is 0 Å². The summed E-state index contributed by atoms with van der Waals surface area (Å²) in [4.78, 5) is 7.09. The highest BCUT2D eigenvalue weighted by molar-refractivity contribution is 7.99. The molecule has 3 heterocycles. The van der Waals surface area contributed by atoms with Gasteiger partial charge in [-0.2, -0.15) is 11.8 Å². The fourth-order valence-electron chi connectivity index (χ4n) is 2.46. The Balaban J connectivity index is 1.74. The van der Waals surface area contributed by atoms with E-state index in [1.54, 1.807) is 11.3 Å². The van der Waals surface area contributed by atoms with E-state index in [1.165, 1.54) is 40.6 Å². The highest BCUT2D eigenvalue weighted by Crippen LogP contribution is 2.22. The number of nitrogens with zero attached hydrogens (tertiary/aromatic N) is 2. The summed E-state index contributed by atoms with van der Waals surface area (Å²) in [6.07, 6.45) is 4.80. The molecule has 98 valence electrons. The first-order valence-electron chi connectivity index (χ1n) is 6.49. The SMILES string of the molecule is Cc1cn2c(CNC3CCSCC3)c(C)nc2s1. The van der Waals surface area contributed by atoms with Gasteiger partial charge in [0.15, 0.2) is 4.96 Å². The van der Waals surface area contributed by atoms with Crippen LogP contribution in [0.3, 0.4) is 0 Å². The van der Waals surface area contributed by atoms with E-state index in [2.05, 4.69) is 46.5 Å². The molecule has 1 aliphatic rings. The van der Waals surface area contributed by atoms with Gasteiger partial charge in [-0.3, -0.25) is 4.40 Å². The molecule has 2 aromatic rings. The fourth-order valence-corrected chi connectivity index (χ4v) is 4.46. The van der Waals surface area contributed by atoms with Crippen molar-refractivity contribution in [3.8, 4) is 0 Å². The van der Waals surface area contributed by atoms with Crippen molar-refractivity contribution in [2.24, 2.45) is 0 Å². The lowest BCUT2D eigenvalue weighted by Crippen LogP contribution is -2.32. The second-order valence-electron chi connectivity index (χ2n) is 4.91. The summed E-state index contributed by atoms with van der Waals surface area (Å²) in [5.74, 6) is 2.60. The molecule has 0 bridgehead atoms. The van der Waals surface area contributed by atoms with Crippen molar-refractivity contribution in [2.45, 2.75) is 39.3 Å². The van der Waals surface area contributed by atoms with Crippen molar-refractivity contribution in [3.05, 3.63) is 22.5 Å². The molecular weight excluding hydrogens is 262 g/mol. The van der Waals surface area contributed by atoms with Crippen molar-refractivity contribution in [1.29, 1.82) is 0 Å². The van der Waals surface area contributed by atoms with Crippen LogP contribution < -0.4 is 5.32 Å². The Morgan fingerprint density at radius 3 is 2.94 bits per heavy atom. The smallest absolute Gasteiger partial charge is 0.194 e. The Morgan fingerprint density at radius 2 is 2.17 bits per heavy atom. The van der Waals surface area contributed by atoms with Gasteiger partial charge in [0.1, 0.15) is 0 Å². The average molecular weight is 281 g/mol. The quantitative estimate of drug-likeness (QED) is 0.938. The Labute approximate surface area is 116 Å². The van der Waals surface area contributed by atoms with Gasteiger partial charge in [0, 0.05) is 23.7 Å². The van der Waals surface area contributed by atoms with Crippen LogP contribution in [-0.4, -0.2) is 26.9 Å². The minimum absolute atomic E-state index is 0.691. The van der Waals surface area contributed by atoms with Crippen molar-refractivity contribution >= 4 is 28.1 Å². The summed E-state index contributed by atoms with van der Waals surface area (Å²) in [5, 5.41) is 3.70. The first-order valence-corrected chi connectivity index (χ1v) is 8.46. The lowest BCUT2D eigenvalue weighted by Gasteiger charge is -2.22. The Bertz CT molecular complexity index is 538. The maximum Gasteiger partial charge on any atom is 0.194 e. The van der Waals surface area contributed by atoms with Crippen molar-refractivity contribution in [2.75, 3.05) is 11.5 Å². The zero-order valence-corrected chi connectivity index (χ0v) is 12.5. The molecule has 0 unspecified atom stereocenters. The van der Waals surface area contributed by atoms with Gasteiger partial charge in [0.25, 0.3) is 0 Å². The zero-order valence-electron chi connectivity index (χ0n) is 10.9. The number of rotatable bonds is 3. The maximum atomic E-state index is 4.64. The van der Waals surface area contributed by atoms with E-state index >= 15 is 0 Å². The number of nitrogens with one attached hydrogen (secondary N) is 1. The molecule has 3 nitrogen and oxygen atoms in total. The van der Waals surface area contributed by atoms with E-state index in [0.29, 0.717) is 6.04 Å². The van der Waals surface area contributed by atoms with Crippen molar-refractivity contribution in [3.63, 3.8) is 0 Å². The minimum atomic E-state index is 0.691. The normalized spacial score (nSPS) is 17.7. The Hall–Kier alpha value is -0.520. The van der Waals surface area contributed by atoms with Crippen LogP contribution >= 0.6 is 23.1 Å². The third-order valence-corrected chi connectivity index (χ3v) is 5.47. The maximum absolute atomic E-state index is 4.64. The Kier molecular flexibility index (Phi) is 3.63.